The number of para-hydroxylation sites is 1. The van der Waals surface area contributed by atoms with Gasteiger partial charge >= 0.3 is 0 Å². The molecule has 0 radical (unpaired) electrons. The van der Waals surface area contributed by atoms with Crippen molar-refractivity contribution in [3.05, 3.63) is 95.7 Å². The molecule has 34 heavy (non-hydrogen) atoms. The van der Waals surface area contributed by atoms with E-state index in [1.807, 2.05) is 32.0 Å². The quantitative estimate of drug-likeness (QED) is 0.387. The molecule has 0 spiro atoms. The summed E-state index contributed by atoms with van der Waals surface area (Å²) in [4.78, 5) is 20.2. The van der Waals surface area contributed by atoms with Gasteiger partial charge in [-0.1, -0.05) is 18.2 Å². The molecule has 0 aliphatic carbocycles. The van der Waals surface area contributed by atoms with Gasteiger partial charge in [-0.05, 0) is 67.4 Å². The summed E-state index contributed by atoms with van der Waals surface area (Å²) in [6, 6.07) is 16.4. The van der Waals surface area contributed by atoms with Crippen LogP contribution in [0.5, 0.6) is 5.75 Å². The molecule has 174 valence electrons. The zero-order chi connectivity index (χ0) is 24.1. The summed E-state index contributed by atoms with van der Waals surface area (Å²) < 4.78 is 38.7. The van der Waals surface area contributed by atoms with E-state index in [1.165, 1.54) is 36.7 Å². The smallest absolute Gasteiger partial charge is 0.291 e. The van der Waals surface area contributed by atoms with E-state index in [4.69, 9.17) is 9.15 Å². The van der Waals surface area contributed by atoms with Crippen LogP contribution < -0.4 is 14.8 Å². The van der Waals surface area contributed by atoms with Crippen LogP contribution >= 0.6 is 0 Å². The number of nitrogens with one attached hydrogen (secondary N) is 2. The minimum absolute atomic E-state index is 0.00174. The number of nitrogens with zero attached hydrogens (tertiary/aromatic N) is 2. The molecule has 9 nitrogen and oxygen atoms in total. The molecule has 10 heteroatoms. The number of rotatable bonds is 8. The highest BCUT2D eigenvalue weighted by Gasteiger charge is 2.17. The lowest BCUT2D eigenvalue weighted by Gasteiger charge is -2.10. The van der Waals surface area contributed by atoms with Gasteiger partial charge in [0.2, 0.25) is 5.95 Å². The van der Waals surface area contributed by atoms with Gasteiger partial charge in [0.05, 0.1) is 4.90 Å². The number of carbonyl (C=O) groups is 1. The van der Waals surface area contributed by atoms with Crippen molar-refractivity contribution < 1.29 is 22.4 Å². The first-order valence-electron chi connectivity index (χ1n) is 10.3. The third kappa shape index (κ3) is 5.41. The number of hydrogen-bond donors (Lipinski definition) is 2. The molecule has 0 bridgehead atoms. The maximum atomic E-state index is 12.5. The molecule has 4 aromatic rings. The summed E-state index contributed by atoms with van der Waals surface area (Å²) in [5.74, 6) is 0.899. The minimum atomic E-state index is -3.86. The second-order valence-electron chi connectivity index (χ2n) is 7.43. The SMILES string of the molecule is Cc1cccc(C)c1OCc1ccc(C(=O)Nc2ccc(S(=O)(=O)Nc3ncccn3)cc2)o1. The highest BCUT2D eigenvalue weighted by atomic mass is 32.2. The van der Waals surface area contributed by atoms with Crippen molar-refractivity contribution >= 4 is 27.6 Å². The van der Waals surface area contributed by atoms with E-state index in [-0.39, 0.29) is 23.2 Å². The number of benzene rings is 2. The molecule has 0 atom stereocenters. The number of sulfonamides is 1. The molecular weight excluding hydrogens is 456 g/mol. The molecule has 0 unspecified atom stereocenters. The van der Waals surface area contributed by atoms with Crippen LogP contribution in [0.15, 0.2) is 82.4 Å². The van der Waals surface area contributed by atoms with E-state index in [0.717, 1.165) is 16.9 Å². The van der Waals surface area contributed by atoms with Gasteiger partial charge in [-0.3, -0.25) is 4.79 Å². The Hall–Kier alpha value is -4.18. The molecule has 2 N–H and O–H groups in total. The molecule has 2 aromatic carbocycles. The summed E-state index contributed by atoms with van der Waals surface area (Å²) in [5.41, 5.74) is 2.44. The van der Waals surface area contributed by atoms with E-state index in [2.05, 4.69) is 20.0 Å². The second-order valence-corrected chi connectivity index (χ2v) is 9.11. The number of furan rings is 1. The van der Waals surface area contributed by atoms with Crippen LogP contribution in [-0.2, 0) is 16.6 Å². The van der Waals surface area contributed by atoms with Gasteiger partial charge in [0.25, 0.3) is 15.9 Å². The minimum Gasteiger partial charge on any atom is -0.485 e. The van der Waals surface area contributed by atoms with E-state index in [0.29, 0.717) is 11.4 Å². The van der Waals surface area contributed by atoms with Crippen LogP contribution in [0.3, 0.4) is 0 Å². The predicted molar refractivity (Wildman–Crippen MR) is 126 cm³/mol. The predicted octanol–water partition coefficient (Wildman–Crippen LogP) is 4.32. The van der Waals surface area contributed by atoms with Crippen LogP contribution in [0.25, 0.3) is 0 Å². The van der Waals surface area contributed by atoms with Crippen LogP contribution in [0.1, 0.15) is 27.4 Å². The fraction of sp³-hybridized carbons (Fsp3) is 0.125. The van der Waals surface area contributed by atoms with Crippen LogP contribution in [-0.4, -0.2) is 24.3 Å². The Morgan fingerprint density at radius 2 is 1.62 bits per heavy atom. The number of aryl methyl sites for hydroxylation is 2. The average Bonchev–Trinajstić information content (AvgIpc) is 3.29. The number of amides is 1. The first-order valence-corrected chi connectivity index (χ1v) is 11.8. The van der Waals surface area contributed by atoms with Crippen molar-refractivity contribution in [3.8, 4) is 5.75 Å². The number of hydrogen-bond acceptors (Lipinski definition) is 7. The van der Waals surface area contributed by atoms with E-state index < -0.39 is 15.9 Å². The molecule has 4 rings (SSSR count). The Kier molecular flexibility index (Phi) is 6.60. The lowest BCUT2D eigenvalue weighted by molar-refractivity contribution is 0.0992. The fourth-order valence-corrected chi connectivity index (χ4v) is 4.15. The van der Waals surface area contributed by atoms with Crippen molar-refractivity contribution in [2.75, 3.05) is 10.0 Å². The Balaban J connectivity index is 1.37. The fourth-order valence-electron chi connectivity index (χ4n) is 3.19. The van der Waals surface area contributed by atoms with Crippen LogP contribution in [0.2, 0.25) is 0 Å². The highest BCUT2D eigenvalue weighted by Crippen LogP contribution is 2.24. The molecule has 2 aromatic heterocycles. The van der Waals surface area contributed by atoms with Gasteiger partial charge in [0, 0.05) is 18.1 Å². The van der Waals surface area contributed by atoms with E-state index >= 15 is 0 Å². The van der Waals surface area contributed by atoms with E-state index in [9.17, 15) is 13.2 Å². The number of carbonyl (C=O) groups excluding carboxylic acids is 1. The normalized spacial score (nSPS) is 11.1. The van der Waals surface area contributed by atoms with Gasteiger partial charge < -0.3 is 14.5 Å². The molecule has 0 saturated carbocycles. The Labute approximate surface area is 196 Å². The largest absolute Gasteiger partial charge is 0.485 e. The topological polar surface area (TPSA) is 123 Å². The third-order valence-electron chi connectivity index (χ3n) is 4.87. The monoisotopic (exact) mass is 478 g/mol. The van der Waals surface area contributed by atoms with E-state index in [1.54, 1.807) is 18.2 Å². The van der Waals surface area contributed by atoms with Crippen molar-refractivity contribution in [1.29, 1.82) is 0 Å². The molecule has 0 fully saturated rings. The zero-order valence-corrected chi connectivity index (χ0v) is 19.3. The maximum Gasteiger partial charge on any atom is 0.291 e. The van der Waals surface area contributed by atoms with Gasteiger partial charge in [-0.2, -0.15) is 0 Å². The molecule has 2 heterocycles. The van der Waals surface area contributed by atoms with Crippen LogP contribution in [0, 0.1) is 13.8 Å². The second kappa shape index (κ2) is 9.75. The maximum absolute atomic E-state index is 12.5. The first kappa shape index (κ1) is 23.0. The molecular formula is C24H22N4O5S. The highest BCUT2D eigenvalue weighted by molar-refractivity contribution is 7.92. The summed E-state index contributed by atoms with van der Waals surface area (Å²) in [6.45, 7) is 4.11. The first-order chi connectivity index (χ1) is 16.3. The zero-order valence-electron chi connectivity index (χ0n) is 18.5. The molecule has 0 aliphatic rings. The summed E-state index contributed by atoms with van der Waals surface area (Å²) in [6.07, 6.45) is 2.86. The van der Waals surface area contributed by atoms with Gasteiger partial charge in [0.15, 0.2) is 5.76 Å². The molecule has 1 amide bonds. The van der Waals surface area contributed by atoms with Crippen molar-refractivity contribution in [1.82, 2.24) is 9.97 Å². The summed E-state index contributed by atoms with van der Waals surface area (Å²) in [7, 11) is -3.86. The van der Waals surface area contributed by atoms with Crippen molar-refractivity contribution in [2.45, 2.75) is 25.3 Å². The number of ether oxygens (including phenoxy) is 1. The average molecular weight is 479 g/mol. The number of aromatic nitrogens is 2. The Bertz CT molecular complexity index is 1380. The third-order valence-corrected chi connectivity index (χ3v) is 6.21. The molecule has 0 aliphatic heterocycles. The summed E-state index contributed by atoms with van der Waals surface area (Å²) in [5, 5.41) is 2.68. The van der Waals surface area contributed by atoms with Gasteiger partial charge in [-0.15, -0.1) is 0 Å². The lowest BCUT2D eigenvalue weighted by atomic mass is 10.1. The standard InChI is InChI=1S/C24H22N4O5S/c1-16-5-3-6-17(2)22(16)32-15-19-9-12-21(33-19)23(29)27-18-7-10-20(11-8-18)34(30,31)28-24-25-13-4-14-26-24/h3-14H,15H2,1-2H3,(H,27,29)(H,25,26,28). The van der Waals surface area contributed by atoms with Crippen molar-refractivity contribution in [2.24, 2.45) is 0 Å². The molecule has 0 saturated heterocycles. The Morgan fingerprint density at radius 1 is 0.941 bits per heavy atom. The summed E-state index contributed by atoms with van der Waals surface area (Å²) >= 11 is 0. The van der Waals surface area contributed by atoms with Crippen LogP contribution in [0.4, 0.5) is 11.6 Å². The van der Waals surface area contributed by atoms with Crippen molar-refractivity contribution in [3.63, 3.8) is 0 Å². The van der Waals surface area contributed by atoms with Gasteiger partial charge in [0.1, 0.15) is 18.1 Å². The number of anilines is 2. The lowest BCUT2D eigenvalue weighted by Crippen LogP contribution is -2.15. The Morgan fingerprint density at radius 3 is 2.29 bits per heavy atom. The van der Waals surface area contributed by atoms with Gasteiger partial charge in [-0.25, -0.2) is 23.1 Å².